The second kappa shape index (κ2) is 6.37. The molecule has 1 aromatic rings. The van der Waals surface area contributed by atoms with Crippen LogP contribution in [0.3, 0.4) is 0 Å². The zero-order chi connectivity index (χ0) is 14.4. The van der Waals surface area contributed by atoms with E-state index in [-0.39, 0.29) is 5.60 Å². The number of hydrogen-bond acceptors (Lipinski definition) is 3. The lowest BCUT2D eigenvalue weighted by Crippen LogP contribution is -2.33. The van der Waals surface area contributed by atoms with Gasteiger partial charge in [-0.2, -0.15) is 10.5 Å². The Bertz CT molecular complexity index is 552. The molecule has 1 saturated carbocycles. The molecule has 1 aliphatic rings. The fraction of sp³-hybridized carbons (Fsp3) is 0.412. The van der Waals surface area contributed by atoms with Gasteiger partial charge in [0.15, 0.2) is 0 Å². The average Bonchev–Trinajstić information content (AvgIpc) is 2.53. The van der Waals surface area contributed by atoms with Gasteiger partial charge in [-0.15, -0.1) is 0 Å². The van der Waals surface area contributed by atoms with Crippen LogP contribution in [0.1, 0.15) is 42.7 Å². The van der Waals surface area contributed by atoms with Crippen LogP contribution in [0.15, 0.2) is 36.4 Å². The number of hydrogen-bond donors (Lipinski definition) is 0. The van der Waals surface area contributed by atoms with Crippen molar-refractivity contribution in [2.75, 3.05) is 7.11 Å². The first-order chi connectivity index (χ1) is 9.73. The summed E-state index contributed by atoms with van der Waals surface area (Å²) in [5.41, 5.74) is 1.71. The molecule has 0 amide bonds. The summed E-state index contributed by atoms with van der Waals surface area (Å²) >= 11 is 0. The number of rotatable bonds is 3. The molecule has 0 heterocycles. The maximum Gasteiger partial charge on any atom is 0.0991 e. The molecular weight excluding hydrogens is 248 g/mol. The first-order valence-electron chi connectivity index (χ1n) is 6.85. The number of methoxy groups -OCH3 is 1. The van der Waals surface area contributed by atoms with Crippen LogP contribution in [0.4, 0.5) is 0 Å². The quantitative estimate of drug-likeness (QED) is 0.784. The number of allylic oxidation sites excluding steroid dienone is 1. The smallest absolute Gasteiger partial charge is 0.0991 e. The molecule has 1 aromatic carbocycles. The molecule has 0 aliphatic heterocycles. The summed E-state index contributed by atoms with van der Waals surface area (Å²) < 4.78 is 5.62. The lowest BCUT2D eigenvalue weighted by molar-refractivity contribution is -0.00217. The maximum atomic E-state index is 8.82. The summed E-state index contributed by atoms with van der Waals surface area (Å²) in [6.45, 7) is 0. The molecule has 1 aliphatic carbocycles. The third-order valence-corrected chi connectivity index (χ3v) is 4.21. The highest BCUT2D eigenvalue weighted by atomic mass is 16.5. The van der Waals surface area contributed by atoms with Crippen molar-refractivity contribution < 1.29 is 4.74 Å². The highest BCUT2D eigenvalue weighted by Gasteiger charge is 2.33. The van der Waals surface area contributed by atoms with Crippen molar-refractivity contribution in [2.45, 2.75) is 37.2 Å². The predicted molar refractivity (Wildman–Crippen MR) is 76.9 cm³/mol. The van der Waals surface area contributed by atoms with Crippen LogP contribution in [-0.2, 0) is 4.74 Å². The maximum absolute atomic E-state index is 8.82. The third kappa shape index (κ3) is 3.07. The van der Waals surface area contributed by atoms with E-state index in [0.29, 0.717) is 11.5 Å². The van der Waals surface area contributed by atoms with E-state index in [9.17, 15) is 0 Å². The molecule has 0 unspecified atom stereocenters. The Kier molecular flexibility index (Phi) is 4.56. The van der Waals surface area contributed by atoms with E-state index >= 15 is 0 Å². The summed E-state index contributed by atoms with van der Waals surface area (Å²) in [6.07, 6.45) is 7.33. The highest BCUT2D eigenvalue weighted by molar-refractivity contribution is 5.33. The first kappa shape index (κ1) is 14.3. The number of ether oxygens (including phenoxy) is 1. The summed E-state index contributed by atoms with van der Waals surface area (Å²) in [4.78, 5) is 0. The molecule has 0 spiro atoms. The van der Waals surface area contributed by atoms with E-state index in [1.54, 1.807) is 7.11 Å². The second-order valence-corrected chi connectivity index (χ2v) is 5.24. The third-order valence-electron chi connectivity index (χ3n) is 4.21. The van der Waals surface area contributed by atoms with Gasteiger partial charge in [-0.25, -0.2) is 0 Å². The Morgan fingerprint density at radius 2 is 1.85 bits per heavy atom. The largest absolute Gasteiger partial charge is 0.374 e. The number of nitrogens with zero attached hydrogens (tertiary/aromatic N) is 2. The monoisotopic (exact) mass is 266 g/mol. The molecular formula is C17H18N2O. The lowest BCUT2D eigenvalue weighted by Gasteiger charge is -2.37. The van der Waals surface area contributed by atoms with E-state index in [0.717, 1.165) is 25.7 Å². The molecule has 20 heavy (non-hydrogen) atoms. The van der Waals surface area contributed by atoms with Crippen molar-refractivity contribution in [3.8, 4) is 12.1 Å². The van der Waals surface area contributed by atoms with Gasteiger partial charge in [0.25, 0.3) is 0 Å². The van der Waals surface area contributed by atoms with Crippen molar-refractivity contribution in [1.82, 2.24) is 0 Å². The van der Waals surface area contributed by atoms with Crippen LogP contribution in [0.2, 0.25) is 0 Å². The van der Waals surface area contributed by atoms with E-state index in [2.05, 4.69) is 6.07 Å². The summed E-state index contributed by atoms with van der Waals surface area (Å²) in [5.74, 6) is 0.515. The molecule has 0 bridgehead atoms. The fourth-order valence-corrected chi connectivity index (χ4v) is 2.90. The first-order valence-corrected chi connectivity index (χ1v) is 6.85. The standard InChI is InChI=1S/C17H18N2O/c1-20-17(9-2-12-18)10-7-16(8-11-17)15-5-3-14(13-19)4-6-15/h2-6,9,16H,7-8,10-11H2,1H3. The topological polar surface area (TPSA) is 56.8 Å². The van der Waals surface area contributed by atoms with Gasteiger partial charge in [0.2, 0.25) is 0 Å². The van der Waals surface area contributed by atoms with E-state index in [4.69, 9.17) is 15.3 Å². The Morgan fingerprint density at radius 3 is 2.35 bits per heavy atom. The van der Waals surface area contributed by atoms with Crippen molar-refractivity contribution in [3.63, 3.8) is 0 Å². The summed E-state index contributed by atoms with van der Waals surface area (Å²) in [5, 5.41) is 17.5. The van der Waals surface area contributed by atoms with Crippen molar-refractivity contribution in [2.24, 2.45) is 0 Å². The molecule has 0 aromatic heterocycles. The van der Waals surface area contributed by atoms with Crippen molar-refractivity contribution >= 4 is 0 Å². The van der Waals surface area contributed by atoms with Crippen LogP contribution in [0.25, 0.3) is 0 Å². The molecule has 102 valence electrons. The Labute approximate surface area is 120 Å². The molecule has 1 fully saturated rings. The molecule has 0 saturated heterocycles. The van der Waals surface area contributed by atoms with Crippen LogP contribution < -0.4 is 0 Å². The van der Waals surface area contributed by atoms with Gasteiger partial charge in [-0.05, 0) is 55.4 Å². The SMILES string of the molecule is COC1(C=CC#N)CCC(c2ccc(C#N)cc2)CC1. The Balaban J connectivity index is 2.05. The van der Waals surface area contributed by atoms with Crippen LogP contribution in [0.5, 0.6) is 0 Å². The molecule has 0 atom stereocenters. The number of nitriles is 2. The normalized spacial score (nSPS) is 26.1. The van der Waals surface area contributed by atoms with Gasteiger partial charge in [-0.3, -0.25) is 0 Å². The zero-order valence-electron chi connectivity index (χ0n) is 11.7. The van der Waals surface area contributed by atoms with Crippen molar-refractivity contribution in [3.05, 3.63) is 47.5 Å². The fourth-order valence-electron chi connectivity index (χ4n) is 2.90. The molecule has 3 nitrogen and oxygen atoms in total. The number of benzene rings is 1. The highest BCUT2D eigenvalue weighted by Crippen LogP contribution is 2.40. The van der Waals surface area contributed by atoms with Crippen LogP contribution in [0, 0.1) is 22.7 Å². The molecule has 3 heteroatoms. The van der Waals surface area contributed by atoms with Crippen LogP contribution >= 0.6 is 0 Å². The molecule has 0 N–H and O–H groups in total. The second-order valence-electron chi connectivity index (χ2n) is 5.24. The average molecular weight is 266 g/mol. The minimum absolute atomic E-state index is 0.279. The summed E-state index contributed by atoms with van der Waals surface area (Å²) in [6, 6.07) is 12.0. The van der Waals surface area contributed by atoms with Gasteiger partial charge >= 0.3 is 0 Å². The van der Waals surface area contributed by atoms with Crippen LogP contribution in [-0.4, -0.2) is 12.7 Å². The van der Waals surface area contributed by atoms with E-state index in [1.807, 2.05) is 36.4 Å². The predicted octanol–water partition coefficient (Wildman–Crippen LogP) is 3.68. The molecule has 0 radical (unpaired) electrons. The van der Waals surface area contributed by atoms with Gasteiger partial charge in [-0.1, -0.05) is 12.1 Å². The molecule has 2 rings (SSSR count). The van der Waals surface area contributed by atoms with Gasteiger partial charge in [0, 0.05) is 13.2 Å². The Morgan fingerprint density at radius 1 is 1.20 bits per heavy atom. The lowest BCUT2D eigenvalue weighted by atomic mass is 9.75. The van der Waals surface area contributed by atoms with Gasteiger partial charge in [0.05, 0.1) is 23.3 Å². The minimum Gasteiger partial charge on any atom is -0.374 e. The van der Waals surface area contributed by atoms with Gasteiger partial charge in [0.1, 0.15) is 0 Å². The van der Waals surface area contributed by atoms with Crippen molar-refractivity contribution in [1.29, 1.82) is 10.5 Å². The van der Waals surface area contributed by atoms with E-state index < -0.39 is 0 Å². The van der Waals surface area contributed by atoms with Gasteiger partial charge < -0.3 is 4.74 Å². The zero-order valence-corrected chi connectivity index (χ0v) is 11.7. The summed E-state index contributed by atoms with van der Waals surface area (Å²) in [7, 11) is 1.71. The minimum atomic E-state index is -0.279. The Hall–Kier alpha value is -2.10. The van der Waals surface area contributed by atoms with E-state index in [1.165, 1.54) is 11.6 Å².